The highest BCUT2D eigenvalue weighted by Crippen LogP contribution is 2.34. The van der Waals surface area contributed by atoms with Crippen molar-refractivity contribution in [3.63, 3.8) is 0 Å². The molecule has 3 rings (SSSR count). The van der Waals surface area contributed by atoms with Crippen molar-refractivity contribution in [1.82, 2.24) is 5.32 Å². The van der Waals surface area contributed by atoms with E-state index in [1.165, 1.54) is 5.56 Å². The van der Waals surface area contributed by atoms with Crippen LogP contribution in [0.25, 0.3) is 0 Å². The van der Waals surface area contributed by atoms with Crippen molar-refractivity contribution in [2.75, 3.05) is 4.90 Å². The fraction of sp³-hybridized carbons (Fsp3) is 0.364. The van der Waals surface area contributed by atoms with Crippen LogP contribution in [0.5, 0.6) is 0 Å². The lowest BCUT2D eigenvalue weighted by Gasteiger charge is -2.23. The Kier molecular flexibility index (Phi) is 5.40. The van der Waals surface area contributed by atoms with Crippen LogP contribution in [0.1, 0.15) is 48.7 Å². The first kappa shape index (κ1) is 18.2. The molecule has 0 spiro atoms. The van der Waals surface area contributed by atoms with Gasteiger partial charge in [0.25, 0.3) is 5.91 Å². The number of carbonyl (C=O) groups excluding carboxylic acids is 2. The van der Waals surface area contributed by atoms with Gasteiger partial charge < -0.3 is 10.2 Å². The summed E-state index contributed by atoms with van der Waals surface area (Å²) in [4.78, 5) is 26.7. The van der Waals surface area contributed by atoms with Crippen LogP contribution < -0.4 is 10.2 Å². The molecular weight excluding hydrogens is 324 g/mol. The van der Waals surface area contributed by atoms with E-state index in [1.54, 1.807) is 0 Å². The third-order valence-electron chi connectivity index (χ3n) is 4.69. The summed E-state index contributed by atoms with van der Waals surface area (Å²) in [7, 11) is 0. The first-order valence-corrected chi connectivity index (χ1v) is 9.23. The number of nitrogens with one attached hydrogen (secondary N) is 1. The summed E-state index contributed by atoms with van der Waals surface area (Å²) >= 11 is 0. The molecule has 4 heteroatoms. The summed E-state index contributed by atoms with van der Waals surface area (Å²) in [6, 6.07) is 15.7. The van der Waals surface area contributed by atoms with Gasteiger partial charge >= 0.3 is 0 Å². The SMILES string of the molecule is CC(C)CC(=O)NCc1ccc2c(c1)N(C(=O)c1ccccc1)[C@@H](C)C2. The topological polar surface area (TPSA) is 49.4 Å². The van der Waals surface area contributed by atoms with E-state index < -0.39 is 0 Å². The molecule has 0 aromatic heterocycles. The molecule has 0 fully saturated rings. The second-order valence-electron chi connectivity index (χ2n) is 7.43. The molecule has 4 nitrogen and oxygen atoms in total. The van der Waals surface area contributed by atoms with Crippen molar-refractivity contribution in [1.29, 1.82) is 0 Å². The van der Waals surface area contributed by atoms with Crippen LogP contribution in [0.3, 0.4) is 0 Å². The monoisotopic (exact) mass is 350 g/mol. The molecule has 0 saturated carbocycles. The summed E-state index contributed by atoms with van der Waals surface area (Å²) < 4.78 is 0. The van der Waals surface area contributed by atoms with E-state index in [1.807, 2.05) is 61.2 Å². The quantitative estimate of drug-likeness (QED) is 0.888. The minimum absolute atomic E-state index is 0.0258. The Bertz CT molecular complexity index is 799. The highest BCUT2D eigenvalue weighted by atomic mass is 16.2. The normalized spacial score (nSPS) is 15.8. The van der Waals surface area contributed by atoms with Gasteiger partial charge in [-0.3, -0.25) is 9.59 Å². The van der Waals surface area contributed by atoms with Crippen LogP contribution in [-0.4, -0.2) is 17.9 Å². The van der Waals surface area contributed by atoms with Gasteiger partial charge in [-0.15, -0.1) is 0 Å². The van der Waals surface area contributed by atoms with Crippen molar-refractivity contribution in [3.05, 3.63) is 65.2 Å². The summed E-state index contributed by atoms with van der Waals surface area (Å²) in [5, 5.41) is 2.97. The van der Waals surface area contributed by atoms with Crippen molar-refractivity contribution in [3.8, 4) is 0 Å². The van der Waals surface area contributed by atoms with Gasteiger partial charge in [0.15, 0.2) is 0 Å². The van der Waals surface area contributed by atoms with Gasteiger partial charge in [-0.1, -0.05) is 44.2 Å². The predicted molar refractivity (Wildman–Crippen MR) is 104 cm³/mol. The summed E-state index contributed by atoms with van der Waals surface area (Å²) in [5.41, 5.74) is 3.85. The molecular formula is C22H26N2O2. The minimum Gasteiger partial charge on any atom is -0.352 e. The summed E-state index contributed by atoms with van der Waals surface area (Å²) in [6.07, 6.45) is 1.38. The van der Waals surface area contributed by atoms with E-state index in [2.05, 4.69) is 18.3 Å². The smallest absolute Gasteiger partial charge is 0.258 e. The molecule has 0 unspecified atom stereocenters. The van der Waals surface area contributed by atoms with Crippen molar-refractivity contribution >= 4 is 17.5 Å². The van der Waals surface area contributed by atoms with E-state index in [0.717, 1.165) is 17.7 Å². The first-order valence-electron chi connectivity index (χ1n) is 9.23. The second-order valence-corrected chi connectivity index (χ2v) is 7.43. The minimum atomic E-state index is 0.0258. The third-order valence-corrected chi connectivity index (χ3v) is 4.69. The van der Waals surface area contributed by atoms with E-state index in [0.29, 0.717) is 24.4 Å². The van der Waals surface area contributed by atoms with Gasteiger partial charge in [0, 0.05) is 30.3 Å². The molecule has 1 atom stereocenters. The molecule has 1 N–H and O–H groups in total. The fourth-order valence-electron chi connectivity index (χ4n) is 3.44. The molecule has 0 aliphatic carbocycles. The predicted octanol–water partition coefficient (Wildman–Crippen LogP) is 3.94. The highest BCUT2D eigenvalue weighted by Gasteiger charge is 2.31. The number of amides is 2. The largest absolute Gasteiger partial charge is 0.352 e. The molecule has 1 aliphatic rings. The van der Waals surface area contributed by atoms with Gasteiger partial charge in [-0.05, 0) is 48.6 Å². The Balaban J connectivity index is 1.78. The molecule has 1 heterocycles. The third kappa shape index (κ3) is 3.96. The lowest BCUT2D eigenvalue weighted by molar-refractivity contribution is -0.121. The molecule has 2 amide bonds. The maximum absolute atomic E-state index is 13.0. The van der Waals surface area contributed by atoms with E-state index in [4.69, 9.17) is 0 Å². The van der Waals surface area contributed by atoms with Crippen LogP contribution in [0.15, 0.2) is 48.5 Å². The number of rotatable bonds is 5. The van der Waals surface area contributed by atoms with Gasteiger partial charge in [-0.2, -0.15) is 0 Å². The Hall–Kier alpha value is -2.62. The molecule has 0 saturated heterocycles. The standard InChI is InChI=1S/C22H26N2O2/c1-15(2)11-21(25)23-14-17-9-10-19-12-16(3)24(20(19)13-17)22(26)18-7-5-4-6-8-18/h4-10,13,15-16H,11-12,14H2,1-3H3,(H,23,25)/t16-/m0/s1. The summed E-state index contributed by atoms with van der Waals surface area (Å²) in [6.45, 7) is 6.62. The number of hydrogen-bond donors (Lipinski definition) is 1. The van der Waals surface area contributed by atoms with Crippen LogP contribution >= 0.6 is 0 Å². The van der Waals surface area contributed by atoms with Gasteiger partial charge in [0.1, 0.15) is 0 Å². The lowest BCUT2D eigenvalue weighted by Crippen LogP contribution is -2.35. The highest BCUT2D eigenvalue weighted by molar-refractivity contribution is 6.07. The zero-order valence-corrected chi connectivity index (χ0v) is 15.7. The Labute approximate surface area is 155 Å². The Morgan fingerprint density at radius 2 is 1.88 bits per heavy atom. The van der Waals surface area contributed by atoms with E-state index >= 15 is 0 Å². The molecule has 136 valence electrons. The maximum Gasteiger partial charge on any atom is 0.258 e. The number of fused-ring (bicyclic) bond motifs is 1. The van der Waals surface area contributed by atoms with Gasteiger partial charge in [-0.25, -0.2) is 0 Å². The van der Waals surface area contributed by atoms with Gasteiger partial charge in [0.05, 0.1) is 0 Å². The van der Waals surface area contributed by atoms with Crippen molar-refractivity contribution < 1.29 is 9.59 Å². The average molecular weight is 350 g/mol. The second kappa shape index (κ2) is 7.73. The number of anilines is 1. The zero-order chi connectivity index (χ0) is 18.7. The molecule has 2 aromatic carbocycles. The molecule has 26 heavy (non-hydrogen) atoms. The van der Waals surface area contributed by atoms with Crippen LogP contribution in [0.4, 0.5) is 5.69 Å². The maximum atomic E-state index is 13.0. The number of hydrogen-bond acceptors (Lipinski definition) is 2. The summed E-state index contributed by atoms with van der Waals surface area (Å²) in [5.74, 6) is 0.429. The Morgan fingerprint density at radius 1 is 1.15 bits per heavy atom. The number of benzene rings is 2. The van der Waals surface area contributed by atoms with Crippen LogP contribution in [0, 0.1) is 5.92 Å². The van der Waals surface area contributed by atoms with Gasteiger partial charge in [0.2, 0.25) is 5.91 Å². The van der Waals surface area contributed by atoms with E-state index in [-0.39, 0.29) is 17.9 Å². The molecule has 0 bridgehead atoms. The average Bonchev–Trinajstić information content (AvgIpc) is 2.94. The first-order chi connectivity index (χ1) is 12.5. The van der Waals surface area contributed by atoms with Crippen LogP contribution in [0.2, 0.25) is 0 Å². The van der Waals surface area contributed by atoms with Crippen molar-refractivity contribution in [2.24, 2.45) is 5.92 Å². The van der Waals surface area contributed by atoms with Crippen molar-refractivity contribution in [2.45, 2.75) is 46.2 Å². The molecule has 0 radical (unpaired) electrons. The fourth-order valence-corrected chi connectivity index (χ4v) is 3.44. The molecule has 1 aliphatic heterocycles. The van der Waals surface area contributed by atoms with Crippen LogP contribution in [-0.2, 0) is 17.8 Å². The number of carbonyl (C=O) groups is 2. The van der Waals surface area contributed by atoms with E-state index in [9.17, 15) is 9.59 Å². The Morgan fingerprint density at radius 3 is 2.58 bits per heavy atom. The zero-order valence-electron chi connectivity index (χ0n) is 15.7. The number of nitrogens with zero attached hydrogens (tertiary/aromatic N) is 1. The lowest BCUT2D eigenvalue weighted by atomic mass is 10.1. The molecule has 2 aromatic rings.